The van der Waals surface area contributed by atoms with E-state index in [0.717, 1.165) is 5.46 Å². The summed E-state index contributed by atoms with van der Waals surface area (Å²) >= 11 is 0. The van der Waals surface area contributed by atoms with Gasteiger partial charge in [0.2, 0.25) is 0 Å². The van der Waals surface area contributed by atoms with Crippen LogP contribution >= 0.6 is 0 Å². The van der Waals surface area contributed by atoms with Crippen LogP contribution in [0.2, 0.25) is 0 Å². The largest absolute Gasteiger partial charge is 0.494 e. The molecule has 0 N–H and O–H groups in total. The molecule has 106 valence electrons. The van der Waals surface area contributed by atoms with Crippen molar-refractivity contribution in [2.75, 3.05) is 0 Å². The minimum Gasteiger partial charge on any atom is -0.399 e. The summed E-state index contributed by atoms with van der Waals surface area (Å²) in [6.45, 7) is 7.96. The fourth-order valence-corrected chi connectivity index (χ4v) is 3.50. The molecule has 2 heterocycles. The lowest BCUT2D eigenvalue weighted by atomic mass is 9.78. The predicted octanol–water partition coefficient (Wildman–Crippen LogP) is 1.74. The van der Waals surface area contributed by atoms with E-state index < -0.39 is 28.2 Å². The van der Waals surface area contributed by atoms with Gasteiger partial charge in [0.25, 0.3) is 0 Å². The number of fused-ring (bicyclic) bond motifs is 1. The van der Waals surface area contributed by atoms with E-state index in [1.807, 2.05) is 33.8 Å². The van der Waals surface area contributed by atoms with Gasteiger partial charge < -0.3 is 9.31 Å². The quantitative estimate of drug-likeness (QED) is 0.740. The summed E-state index contributed by atoms with van der Waals surface area (Å²) < 4.78 is 35.4. The van der Waals surface area contributed by atoms with Crippen molar-refractivity contribution in [3.63, 3.8) is 0 Å². The van der Waals surface area contributed by atoms with Gasteiger partial charge in [0.15, 0.2) is 9.84 Å². The van der Waals surface area contributed by atoms with Crippen LogP contribution in [0.1, 0.15) is 33.3 Å². The molecule has 20 heavy (non-hydrogen) atoms. The Bertz CT molecular complexity index is 688. The predicted molar refractivity (Wildman–Crippen MR) is 78.4 cm³/mol. The average molecular weight is 292 g/mol. The van der Waals surface area contributed by atoms with E-state index in [9.17, 15) is 8.42 Å². The molecule has 1 aromatic rings. The standard InChI is InChI=1S/C14H17BO4S/c1-13(2)14(3,4)19-15(18-13)11-5-6-12-10(9-11)7-8-20(12,16)17/h5-9H,1-4H3. The monoisotopic (exact) mass is 292 g/mol. The van der Waals surface area contributed by atoms with E-state index in [2.05, 4.69) is 0 Å². The molecule has 1 aromatic carbocycles. The fourth-order valence-electron chi connectivity index (χ4n) is 2.32. The first-order valence-corrected chi connectivity index (χ1v) is 8.10. The van der Waals surface area contributed by atoms with Crippen LogP contribution < -0.4 is 5.46 Å². The van der Waals surface area contributed by atoms with Crippen molar-refractivity contribution >= 4 is 28.5 Å². The van der Waals surface area contributed by atoms with Gasteiger partial charge in [0.1, 0.15) is 0 Å². The molecule has 0 aromatic heterocycles. The summed E-state index contributed by atoms with van der Waals surface area (Å²) in [5, 5.41) is 1.23. The third kappa shape index (κ3) is 1.94. The van der Waals surface area contributed by atoms with Crippen LogP contribution in [-0.2, 0) is 19.1 Å². The number of benzene rings is 1. The minimum atomic E-state index is -3.25. The Hall–Kier alpha value is -1.11. The highest BCUT2D eigenvalue weighted by atomic mass is 32.2. The Kier molecular flexibility index (Phi) is 2.75. The highest BCUT2D eigenvalue weighted by molar-refractivity contribution is 7.94. The molecular formula is C14H17BO4S. The first-order valence-electron chi connectivity index (χ1n) is 6.55. The lowest BCUT2D eigenvalue weighted by Crippen LogP contribution is -2.41. The number of hydrogen-bond acceptors (Lipinski definition) is 4. The summed E-state index contributed by atoms with van der Waals surface area (Å²) in [4.78, 5) is 0.345. The molecule has 0 atom stereocenters. The van der Waals surface area contributed by atoms with Crippen molar-refractivity contribution in [3.8, 4) is 0 Å². The number of hydrogen-bond donors (Lipinski definition) is 0. The molecule has 3 rings (SSSR count). The van der Waals surface area contributed by atoms with Gasteiger partial charge in [-0.2, -0.15) is 0 Å². The molecule has 0 saturated carbocycles. The molecule has 1 fully saturated rings. The maximum absolute atomic E-state index is 11.7. The Morgan fingerprint density at radius 3 is 2.25 bits per heavy atom. The number of sulfone groups is 1. The lowest BCUT2D eigenvalue weighted by Gasteiger charge is -2.32. The van der Waals surface area contributed by atoms with Crippen LogP contribution in [0, 0.1) is 0 Å². The first kappa shape index (κ1) is 13.9. The molecule has 0 aliphatic carbocycles. The topological polar surface area (TPSA) is 52.6 Å². The van der Waals surface area contributed by atoms with Crippen molar-refractivity contribution in [1.29, 1.82) is 0 Å². The van der Waals surface area contributed by atoms with E-state index in [1.165, 1.54) is 5.41 Å². The maximum Gasteiger partial charge on any atom is 0.494 e. The molecule has 0 unspecified atom stereocenters. The highest BCUT2D eigenvalue weighted by Gasteiger charge is 2.51. The van der Waals surface area contributed by atoms with E-state index in [0.29, 0.717) is 10.5 Å². The van der Waals surface area contributed by atoms with Gasteiger partial charge in [0, 0.05) is 5.41 Å². The smallest absolute Gasteiger partial charge is 0.399 e. The molecule has 2 aliphatic rings. The fraction of sp³-hybridized carbons (Fsp3) is 0.429. The second-order valence-electron chi connectivity index (χ2n) is 6.23. The van der Waals surface area contributed by atoms with Gasteiger partial charge in [0.05, 0.1) is 16.1 Å². The van der Waals surface area contributed by atoms with Crippen LogP contribution in [-0.4, -0.2) is 26.7 Å². The molecular weight excluding hydrogens is 275 g/mol. The minimum absolute atomic E-state index is 0.345. The van der Waals surface area contributed by atoms with Crippen LogP contribution in [0.3, 0.4) is 0 Å². The Morgan fingerprint density at radius 2 is 1.65 bits per heavy atom. The summed E-state index contributed by atoms with van der Waals surface area (Å²) in [6.07, 6.45) is 1.61. The summed E-state index contributed by atoms with van der Waals surface area (Å²) in [5.74, 6) is 0. The van der Waals surface area contributed by atoms with E-state index in [-0.39, 0.29) is 0 Å². The third-order valence-electron chi connectivity index (χ3n) is 4.29. The molecule has 0 bridgehead atoms. The van der Waals surface area contributed by atoms with Gasteiger partial charge in [-0.1, -0.05) is 12.1 Å². The molecule has 0 amide bonds. The van der Waals surface area contributed by atoms with Gasteiger partial charge in [-0.3, -0.25) is 0 Å². The average Bonchev–Trinajstić information content (AvgIpc) is 2.74. The van der Waals surface area contributed by atoms with Crippen molar-refractivity contribution in [1.82, 2.24) is 0 Å². The van der Waals surface area contributed by atoms with E-state index in [1.54, 1.807) is 18.2 Å². The van der Waals surface area contributed by atoms with Gasteiger partial charge in [-0.25, -0.2) is 8.42 Å². The van der Waals surface area contributed by atoms with Crippen LogP contribution in [0.15, 0.2) is 28.5 Å². The molecule has 1 saturated heterocycles. The lowest BCUT2D eigenvalue weighted by molar-refractivity contribution is 0.00578. The van der Waals surface area contributed by atoms with Gasteiger partial charge >= 0.3 is 7.12 Å². The van der Waals surface area contributed by atoms with Crippen LogP contribution in [0.5, 0.6) is 0 Å². The third-order valence-corrected chi connectivity index (χ3v) is 5.77. The molecule has 2 aliphatic heterocycles. The molecule has 0 radical (unpaired) electrons. The molecule has 4 nitrogen and oxygen atoms in total. The van der Waals surface area contributed by atoms with Crippen molar-refractivity contribution in [2.45, 2.75) is 43.8 Å². The Labute approximate surface area is 119 Å². The van der Waals surface area contributed by atoms with Crippen molar-refractivity contribution in [2.24, 2.45) is 0 Å². The zero-order valence-corrected chi connectivity index (χ0v) is 12.8. The zero-order valence-electron chi connectivity index (χ0n) is 12.0. The summed E-state index contributed by atoms with van der Waals surface area (Å²) in [5.41, 5.74) is 0.721. The van der Waals surface area contributed by atoms with Gasteiger partial charge in [-0.05, 0) is 50.9 Å². The van der Waals surface area contributed by atoms with Crippen LogP contribution in [0.4, 0.5) is 0 Å². The summed E-state index contributed by atoms with van der Waals surface area (Å²) in [6, 6.07) is 5.19. The normalized spacial score (nSPS) is 24.9. The highest BCUT2D eigenvalue weighted by Crippen LogP contribution is 2.37. The Morgan fingerprint density at radius 1 is 1.05 bits per heavy atom. The van der Waals surface area contributed by atoms with Crippen LogP contribution in [0.25, 0.3) is 6.08 Å². The van der Waals surface area contributed by atoms with Gasteiger partial charge in [-0.15, -0.1) is 0 Å². The maximum atomic E-state index is 11.7. The zero-order chi connectivity index (χ0) is 14.8. The van der Waals surface area contributed by atoms with Crippen molar-refractivity contribution in [3.05, 3.63) is 29.2 Å². The summed E-state index contributed by atoms with van der Waals surface area (Å²) in [7, 11) is -3.72. The van der Waals surface area contributed by atoms with E-state index in [4.69, 9.17) is 9.31 Å². The first-order chi connectivity index (χ1) is 9.12. The SMILES string of the molecule is CC1(C)OB(c2ccc3c(c2)C=CS3(=O)=O)OC1(C)C. The molecule has 6 heteroatoms. The Balaban J connectivity index is 1.97. The second-order valence-corrected chi connectivity index (χ2v) is 8.04. The van der Waals surface area contributed by atoms with E-state index >= 15 is 0 Å². The second kappa shape index (κ2) is 3.96. The number of rotatable bonds is 1. The van der Waals surface area contributed by atoms with Crippen molar-refractivity contribution < 1.29 is 17.7 Å². The molecule has 0 spiro atoms.